The van der Waals surface area contributed by atoms with Crippen LogP contribution in [-0.2, 0) is 4.79 Å². The Hall–Kier alpha value is -0.240. The normalized spacial score (nSPS) is 13.9. The van der Waals surface area contributed by atoms with Gasteiger partial charge in [-0.25, -0.2) is 0 Å². The Kier molecular flexibility index (Phi) is 5.38. The van der Waals surface area contributed by atoms with Crippen molar-refractivity contribution in [2.45, 2.75) is 45.9 Å². The molecular weight excluding hydrogens is 186 g/mol. The Morgan fingerprint density at radius 3 is 2.38 bits per heavy atom. The lowest BCUT2D eigenvalue weighted by atomic mass is 9.92. The first-order valence-electron chi connectivity index (χ1n) is 4.72. The third-order valence-corrected chi connectivity index (χ3v) is 1.77. The van der Waals surface area contributed by atoms with Gasteiger partial charge in [0.05, 0.1) is 0 Å². The molecular formula is C10H20ClNO. The van der Waals surface area contributed by atoms with Crippen LogP contribution in [0.3, 0.4) is 0 Å². The molecule has 1 N–H and O–H groups in total. The van der Waals surface area contributed by atoms with Crippen LogP contribution in [0.15, 0.2) is 0 Å². The van der Waals surface area contributed by atoms with Crippen LogP contribution in [0.25, 0.3) is 0 Å². The van der Waals surface area contributed by atoms with Crippen molar-refractivity contribution in [2.75, 3.05) is 6.54 Å². The van der Waals surface area contributed by atoms with E-state index in [1.54, 1.807) is 0 Å². The highest BCUT2D eigenvalue weighted by Gasteiger charge is 2.15. The molecule has 2 nitrogen and oxygen atoms in total. The van der Waals surface area contributed by atoms with Crippen LogP contribution in [0.2, 0.25) is 0 Å². The molecule has 0 aromatic carbocycles. The molecule has 0 rings (SSSR count). The van der Waals surface area contributed by atoms with E-state index in [0.29, 0.717) is 13.0 Å². The van der Waals surface area contributed by atoms with Crippen LogP contribution >= 0.6 is 11.6 Å². The molecule has 0 heterocycles. The smallest absolute Gasteiger partial charge is 0.220 e. The van der Waals surface area contributed by atoms with Gasteiger partial charge >= 0.3 is 0 Å². The van der Waals surface area contributed by atoms with E-state index in [4.69, 9.17) is 11.6 Å². The largest absolute Gasteiger partial charge is 0.356 e. The van der Waals surface area contributed by atoms with Crippen molar-refractivity contribution in [3.8, 4) is 0 Å². The molecule has 78 valence electrons. The van der Waals surface area contributed by atoms with Crippen molar-refractivity contribution < 1.29 is 4.79 Å². The molecule has 0 bridgehead atoms. The summed E-state index contributed by atoms with van der Waals surface area (Å²) in [6.07, 6.45) is 1.40. The average molecular weight is 206 g/mol. The van der Waals surface area contributed by atoms with E-state index in [9.17, 15) is 4.79 Å². The number of carbonyl (C=O) groups excluding carboxylic acids is 1. The highest BCUT2D eigenvalue weighted by atomic mass is 35.5. The van der Waals surface area contributed by atoms with E-state index in [-0.39, 0.29) is 16.7 Å². The second-order valence-corrected chi connectivity index (χ2v) is 5.40. The monoisotopic (exact) mass is 205 g/mol. The summed E-state index contributed by atoms with van der Waals surface area (Å²) in [5.74, 6) is 0.116. The van der Waals surface area contributed by atoms with E-state index < -0.39 is 0 Å². The van der Waals surface area contributed by atoms with Gasteiger partial charge in [0, 0.05) is 18.3 Å². The molecule has 0 aromatic rings. The summed E-state index contributed by atoms with van der Waals surface area (Å²) < 4.78 is 0. The number of halogens is 1. The lowest BCUT2D eigenvalue weighted by molar-refractivity contribution is -0.122. The summed E-state index contributed by atoms with van der Waals surface area (Å²) in [4.78, 5) is 11.3. The van der Waals surface area contributed by atoms with Crippen LogP contribution in [-0.4, -0.2) is 17.8 Å². The molecule has 1 atom stereocenters. The van der Waals surface area contributed by atoms with Crippen molar-refractivity contribution in [2.24, 2.45) is 5.41 Å². The minimum Gasteiger partial charge on any atom is -0.356 e. The predicted molar refractivity (Wildman–Crippen MR) is 57.0 cm³/mol. The maximum atomic E-state index is 11.3. The number of hydrogen-bond acceptors (Lipinski definition) is 1. The number of amides is 1. The van der Waals surface area contributed by atoms with Gasteiger partial charge in [-0.3, -0.25) is 4.79 Å². The molecule has 0 aliphatic carbocycles. The molecule has 0 radical (unpaired) electrons. The molecule has 0 fully saturated rings. The topological polar surface area (TPSA) is 29.1 Å². The summed E-state index contributed by atoms with van der Waals surface area (Å²) >= 11 is 5.74. The van der Waals surface area contributed by atoms with Crippen molar-refractivity contribution >= 4 is 17.5 Å². The fourth-order valence-corrected chi connectivity index (χ4v) is 1.06. The standard InChI is InChI=1S/C10H20ClNO/c1-8(11)5-6-12-9(13)7-10(2,3)4/h8H,5-7H2,1-4H3,(H,12,13). The molecule has 1 unspecified atom stereocenters. The van der Waals surface area contributed by atoms with E-state index in [2.05, 4.69) is 26.1 Å². The molecule has 0 aliphatic heterocycles. The minimum atomic E-state index is 0.0661. The molecule has 0 spiro atoms. The molecule has 0 saturated carbocycles. The minimum absolute atomic E-state index is 0.0661. The van der Waals surface area contributed by atoms with E-state index in [1.165, 1.54) is 0 Å². The number of carbonyl (C=O) groups is 1. The fourth-order valence-electron chi connectivity index (χ4n) is 0.955. The van der Waals surface area contributed by atoms with Crippen molar-refractivity contribution in [1.29, 1.82) is 0 Å². The van der Waals surface area contributed by atoms with Gasteiger partial charge in [0.2, 0.25) is 5.91 Å². The second-order valence-electron chi connectivity index (χ2n) is 4.66. The summed E-state index contributed by atoms with van der Waals surface area (Å²) in [5.41, 5.74) is 0.0661. The van der Waals surface area contributed by atoms with Gasteiger partial charge in [-0.05, 0) is 18.8 Å². The van der Waals surface area contributed by atoms with Crippen LogP contribution in [0.5, 0.6) is 0 Å². The first-order chi connectivity index (χ1) is 5.81. The van der Waals surface area contributed by atoms with Gasteiger partial charge in [-0.15, -0.1) is 11.6 Å². The Bertz CT molecular complexity index is 161. The maximum Gasteiger partial charge on any atom is 0.220 e. The zero-order valence-corrected chi connectivity index (χ0v) is 9.74. The van der Waals surface area contributed by atoms with Gasteiger partial charge in [0.1, 0.15) is 0 Å². The summed E-state index contributed by atoms with van der Waals surface area (Å²) in [6.45, 7) is 8.77. The van der Waals surface area contributed by atoms with Gasteiger partial charge in [0.25, 0.3) is 0 Å². The molecule has 0 aromatic heterocycles. The zero-order valence-electron chi connectivity index (χ0n) is 8.98. The Morgan fingerprint density at radius 1 is 1.46 bits per heavy atom. The second kappa shape index (κ2) is 5.48. The van der Waals surface area contributed by atoms with Crippen LogP contribution in [0.4, 0.5) is 0 Å². The quantitative estimate of drug-likeness (QED) is 0.703. The van der Waals surface area contributed by atoms with Gasteiger partial charge in [-0.1, -0.05) is 20.8 Å². The van der Waals surface area contributed by atoms with Crippen LogP contribution < -0.4 is 5.32 Å². The lowest BCUT2D eigenvalue weighted by Gasteiger charge is -2.17. The van der Waals surface area contributed by atoms with Gasteiger partial charge < -0.3 is 5.32 Å². The van der Waals surface area contributed by atoms with Crippen molar-refractivity contribution in [1.82, 2.24) is 5.32 Å². The van der Waals surface area contributed by atoms with Crippen molar-refractivity contribution in [3.05, 3.63) is 0 Å². The number of rotatable bonds is 4. The molecule has 1 amide bonds. The van der Waals surface area contributed by atoms with Crippen LogP contribution in [0.1, 0.15) is 40.5 Å². The average Bonchev–Trinajstić information content (AvgIpc) is 1.81. The number of alkyl halides is 1. The highest BCUT2D eigenvalue weighted by molar-refractivity contribution is 6.20. The summed E-state index contributed by atoms with van der Waals surface area (Å²) in [5, 5.41) is 2.98. The summed E-state index contributed by atoms with van der Waals surface area (Å²) in [6, 6.07) is 0. The maximum absolute atomic E-state index is 11.3. The molecule has 0 saturated heterocycles. The summed E-state index contributed by atoms with van der Waals surface area (Å²) in [7, 11) is 0. The van der Waals surface area contributed by atoms with E-state index >= 15 is 0 Å². The molecule has 13 heavy (non-hydrogen) atoms. The lowest BCUT2D eigenvalue weighted by Crippen LogP contribution is -2.29. The first kappa shape index (κ1) is 12.8. The van der Waals surface area contributed by atoms with Gasteiger partial charge in [0.15, 0.2) is 0 Å². The Balaban J connectivity index is 3.53. The van der Waals surface area contributed by atoms with Crippen molar-refractivity contribution in [3.63, 3.8) is 0 Å². The predicted octanol–water partition coefficient (Wildman–Crippen LogP) is 2.56. The molecule has 3 heteroatoms. The molecule has 0 aliphatic rings. The SMILES string of the molecule is CC(Cl)CCNC(=O)CC(C)(C)C. The third kappa shape index (κ3) is 9.68. The van der Waals surface area contributed by atoms with E-state index in [1.807, 2.05) is 6.92 Å². The van der Waals surface area contributed by atoms with E-state index in [0.717, 1.165) is 6.42 Å². The number of nitrogens with one attached hydrogen (secondary N) is 1. The Labute approximate surface area is 86.0 Å². The first-order valence-corrected chi connectivity index (χ1v) is 5.16. The third-order valence-electron chi connectivity index (χ3n) is 1.56. The highest BCUT2D eigenvalue weighted by Crippen LogP contribution is 2.17. The zero-order chi connectivity index (χ0) is 10.5. The fraction of sp³-hybridized carbons (Fsp3) is 0.900. The number of hydrogen-bond donors (Lipinski definition) is 1. The Morgan fingerprint density at radius 2 is 2.00 bits per heavy atom. The van der Waals surface area contributed by atoms with Gasteiger partial charge in [-0.2, -0.15) is 0 Å². The van der Waals surface area contributed by atoms with Crippen LogP contribution in [0, 0.1) is 5.41 Å².